The molecule has 0 aromatic rings. The van der Waals surface area contributed by atoms with Gasteiger partial charge in [0.1, 0.15) is 6.61 Å². The van der Waals surface area contributed by atoms with Gasteiger partial charge in [0.05, 0.1) is 6.61 Å². The molecule has 5 nitrogen and oxygen atoms in total. The largest absolute Gasteiger partial charge is 0.462 e. The van der Waals surface area contributed by atoms with Crippen molar-refractivity contribution >= 4 is 11.9 Å². The summed E-state index contributed by atoms with van der Waals surface area (Å²) >= 11 is 0. The van der Waals surface area contributed by atoms with E-state index in [4.69, 9.17) is 14.2 Å². The van der Waals surface area contributed by atoms with Crippen LogP contribution in [0.2, 0.25) is 0 Å². The van der Waals surface area contributed by atoms with Crippen molar-refractivity contribution in [3.63, 3.8) is 0 Å². The fourth-order valence-corrected chi connectivity index (χ4v) is 5.71. The van der Waals surface area contributed by atoms with E-state index in [0.29, 0.717) is 25.9 Å². The number of allylic oxidation sites excluding steroid dienone is 14. The van der Waals surface area contributed by atoms with Crippen molar-refractivity contribution < 1.29 is 23.8 Å². The van der Waals surface area contributed by atoms with Gasteiger partial charge >= 0.3 is 11.9 Å². The van der Waals surface area contributed by atoms with Crippen LogP contribution in [0.5, 0.6) is 0 Å². The maximum atomic E-state index is 12.7. The van der Waals surface area contributed by atoms with Crippen LogP contribution in [0.4, 0.5) is 0 Å². The quantitative estimate of drug-likeness (QED) is 0.0356. The van der Waals surface area contributed by atoms with E-state index in [1.807, 2.05) is 6.08 Å². The summed E-state index contributed by atoms with van der Waals surface area (Å²) in [7, 11) is 0. The molecule has 1 unspecified atom stereocenters. The lowest BCUT2D eigenvalue weighted by molar-refractivity contribution is -0.162. The maximum Gasteiger partial charge on any atom is 0.306 e. The molecule has 0 N–H and O–H groups in total. The second-order valence-electron chi connectivity index (χ2n) is 14.2. The van der Waals surface area contributed by atoms with Crippen LogP contribution >= 0.6 is 0 Å². The third kappa shape index (κ3) is 41.8. The molecule has 0 aromatic heterocycles. The molecule has 1 atom stereocenters. The van der Waals surface area contributed by atoms with E-state index in [0.717, 1.165) is 83.5 Å². The Kier molecular flexibility index (Phi) is 42.1. The molecule has 0 radical (unpaired) electrons. The van der Waals surface area contributed by atoms with Gasteiger partial charge in [0.15, 0.2) is 6.10 Å². The van der Waals surface area contributed by atoms with Crippen LogP contribution in [0, 0.1) is 0 Å². The van der Waals surface area contributed by atoms with E-state index in [1.165, 1.54) is 64.2 Å². The van der Waals surface area contributed by atoms with Crippen LogP contribution in [0.1, 0.15) is 188 Å². The van der Waals surface area contributed by atoms with E-state index in [2.05, 4.69) is 99.8 Å². The summed E-state index contributed by atoms with van der Waals surface area (Å²) in [4.78, 5) is 25.2. The summed E-state index contributed by atoms with van der Waals surface area (Å²) in [5.41, 5.74) is 0. The number of esters is 2. The standard InChI is InChI=1S/C49H82O5/c1-4-7-10-13-16-19-22-24-26-29-32-35-38-41-44-52-45-47(54-49(51)43-40-37-34-31-27-21-18-15-12-9-6-3)46-53-48(50)42-39-36-33-30-28-25-23-20-17-14-11-8-5-2/h7-8,10-11,16-17,19-20,24-26,28,33,36,47H,4-6,9,12-15,18,21-23,27,29-32,34-35,37-46H2,1-3H3/b10-7-,11-8-,19-16-,20-17-,26-24-,28-25-,36-33-. The molecule has 0 saturated heterocycles. The van der Waals surface area contributed by atoms with Crippen LogP contribution in [0.3, 0.4) is 0 Å². The second kappa shape index (κ2) is 44.5. The van der Waals surface area contributed by atoms with Gasteiger partial charge in [0.25, 0.3) is 0 Å². The van der Waals surface area contributed by atoms with Gasteiger partial charge in [-0.2, -0.15) is 0 Å². The van der Waals surface area contributed by atoms with Crippen LogP contribution < -0.4 is 0 Å². The Balaban J connectivity index is 4.40. The molecule has 0 amide bonds. The van der Waals surface area contributed by atoms with Crippen molar-refractivity contribution in [1.29, 1.82) is 0 Å². The highest BCUT2D eigenvalue weighted by atomic mass is 16.6. The van der Waals surface area contributed by atoms with Crippen molar-refractivity contribution in [2.24, 2.45) is 0 Å². The molecule has 308 valence electrons. The molecule has 0 saturated carbocycles. The highest BCUT2D eigenvalue weighted by molar-refractivity contribution is 5.70. The lowest BCUT2D eigenvalue weighted by atomic mass is 10.1. The van der Waals surface area contributed by atoms with Crippen LogP contribution in [0.25, 0.3) is 0 Å². The molecule has 0 spiro atoms. The number of ether oxygens (including phenoxy) is 3. The Bertz CT molecular complexity index is 1030. The first-order valence-corrected chi connectivity index (χ1v) is 22.1. The zero-order valence-corrected chi connectivity index (χ0v) is 35.2. The molecule has 0 heterocycles. The molecule has 0 bridgehead atoms. The first-order chi connectivity index (χ1) is 26.6. The summed E-state index contributed by atoms with van der Waals surface area (Å²) in [5.74, 6) is -0.509. The molecule has 0 rings (SSSR count). The number of rotatable bonds is 39. The Hall–Kier alpha value is -2.92. The van der Waals surface area contributed by atoms with Gasteiger partial charge < -0.3 is 14.2 Å². The van der Waals surface area contributed by atoms with E-state index in [9.17, 15) is 9.59 Å². The van der Waals surface area contributed by atoms with Crippen LogP contribution in [0.15, 0.2) is 85.1 Å². The topological polar surface area (TPSA) is 61.8 Å². The number of unbranched alkanes of at least 4 members (excludes halogenated alkanes) is 14. The van der Waals surface area contributed by atoms with Gasteiger partial charge in [-0.1, -0.05) is 183 Å². The molecule has 0 aliphatic heterocycles. The van der Waals surface area contributed by atoms with Crippen LogP contribution in [-0.2, 0) is 23.8 Å². The van der Waals surface area contributed by atoms with Crippen LogP contribution in [-0.4, -0.2) is 37.9 Å². The third-order valence-electron chi connectivity index (χ3n) is 8.94. The van der Waals surface area contributed by atoms with E-state index in [-0.39, 0.29) is 25.2 Å². The van der Waals surface area contributed by atoms with Gasteiger partial charge in [-0.15, -0.1) is 0 Å². The average molecular weight is 751 g/mol. The summed E-state index contributed by atoms with van der Waals surface area (Å²) < 4.78 is 17.2. The van der Waals surface area contributed by atoms with Gasteiger partial charge in [-0.05, 0) is 77.0 Å². The molecule has 54 heavy (non-hydrogen) atoms. The smallest absolute Gasteiger partial charge is 0.306 e. The normalized spacial score (nSPS) is 13.0. The first-order valence-electron chi connectivity index (χ1n) is 22.1. The van der Waals surface area contributed by atoms with Gasteiger partial charge in [-0.3, -0.25) is 9.59 Å². The van der Waals surface area contributed by atoms with Gasteiger partial charge in [-0.25, -0.2) is 0 Å². The second-order valence-corrected chi connectivity index (χ2v) is 14.2. The zero-order chi connectivity index (χ0) is 39.3. The molecule has 0 aliphatic rings. The Morgan fingerprint density at radius 1 is 0.426 bits per heavy atom. The maximum absolute atomic E-state index is 12.7. The molecular weight excluding hydrogens is 669 g/mol. The number of carbonyl (C=O) groups excluding carboxylic acids is 2. The fraction of sp³-hybridized carbons (Fsp3) is 0.673. The molecule has 0 fully saturated rings. The average Bonchev–Trinajstić information content (AvgIpc) is 3.17. The Labute approximate surface area is 333 Å². The molecule has 0 aliphatic carbocycles. The van der Waals surface area contributed by atoms with Crippen molar-refractivity contribution in [2.75, 3.05) is 19.8 Å². The fourth-order valence-electron chi connectivity index (χ4n) is 5.71. The summed E-state index contributed by atoms with van der Waals surface area (Å²) in [5, 5.41) is 0. The number of carbonyl (C=O) groups is 2. The van der Waals surface area contributed by atoms with Gasteiger partial charge in [0.2, 0.25) is 0 Å². The molecular formula is C49H82O5. The highest BCUT2D eigenvalue weighted by Crippen LogP contribution is 2.13. The van der Waals surface area contributed by atoms with Crippen molar-refractivity contribution in [2.45, 2.75) is 194 Å². The lowest BCUT2D eigenvalue weighted by Crippen LogP contribution is -2.30. The summed E-state index contributed by atoms with van der Waals surface area (Å²) in [6.45, 7) is 7.45. The number of hydrogen-bond donors (Lipinski definition) is 0. The summed E-state index contributed by atoms with van der Waals surface area (Å²) in [6.07, 6.45) is 57.4. The van der Waals surface area contributed by atoms with E-state index < -0.39 is 6.10 Å². The minimum absolute atomic E-state index is 0.0357. The summed E-state index contributed by atoms with van der Waals surface area (Å²) in [6, 6.07) is 0. The van der Waals surface area contributed by atoms with E-state index in [1.54, 1.807) is 0 Å². The predicted octanol–water partition coefficient (Wildman–Crippen LogP) is 14.6. The minimum atomic E-state index is -0.576. The van der Waals surface area contributed by atoms with Crippen molar-refractivity contribution in [1.82, 2.24) is 0 Å². The lowest BCUT2D eigenvalue weighted by Gasteiger charge is -2.18. The van der Waals surface area contributed by atoms with Gasteiger partial charge in [0, 0.05) is 19.4 Å². The third-order valence-corrected chi connectivity index (χ3v) is 8.94. The Morgan fingerprint density at radius 3 is 1.41 bits per heavy atom. The van der Waals surface area contributed by atoms with Crippen molar-refractivity contribution in [3.8, 4) is 0 Å². The van der Waals surface area contributed by atoms with E-state index >= 15 is 0 Å². The Morgan fingerprint density at radius 2 is 0.870 bits per heavy atom. The zero-order valence-electron chi connectivity index (χ0n) is 35.2. The van der Waals surface area contributed by atoms with Crippen molar-refractivity contribution in [3.05, 3.63) is 85.1 Å². The number of hydrogen-bond acceptors (Lipinski definition) is 5. The molecule has 0 aromatic carbocycles. The molecule has 5 heteroatoms. The SMILES string of the molecule is CC/C=C\C/C=C\C/C=C\C/C=C\CCC(=O)OCC(COCCCCCC/C=C\C/C=C\C/C=C\CC)OC(=O)CCCCCCCCCCCCC. The first kappa shape index (κ1) is 51.1. The monoisotopic (exact) mass is 751 g/mol. The predicted molar refractivity (Wildman–Crippen MR) is 233 cm³/mol. The highest BCUT2D eigenvalue weighted by Gasteiger charge is 2.17. The minimum Gasteiger partial charge on any atom is -0.462 e.